The van der Waals surface area contributed by atoms with E-state index >= 15 is 0 Å². The van der Waals surface area contributed by atoms with E-state index in [0.29, 0.717) is 42.1 Å². The molecule has 1 aliphatic heterocycles. The van der Waals surface area contributed by atoms with Crippen LogP contribution in [-0.2, 0) is 17.8 Å². The highest BCUT2D eigenvalue weighted by Gasteiger charge is 2.15. The number of fused-ring (bicyclic) bond motifs is 2. The Morgan fingerprint density at radius 3 is 2.93 bits per heavy atom. The lowest BCUT2D eigenvalue weighted by Crippen LogP contribution is -2.28. The van der Waals surface area contributed by atoms with Crippen LogP contribution in [0.25, 0.3) is 10.2 Å². The molecule has 1 N–H and O–H groups in total. The fourth-order valence-electron chi connectivity index (χ4n) is 2.99. The zero-order valence-electron chi connectivity index (χ0n) is 14.9. The molecule has 140 valence electrons. The average Bonchev–Trinajstić information content (AvgIpc) is 3.15. The number of nitrogens with zero attached hydrogens (tertiary/aromatic N) is 2. The van der Waals surface area contributed by atoms with Gasteiger partial charge in [-0.1, -0.05) is 6.07 Å². The first kappa shape index (κ1) is 17.5. The molecule has 7 nitrogen and oxygen atoms in total. The number of ether oxygens (including phenoxy) is 2. The highest BCUT2D eigenvalue weighted by molar-refractivity contribution is 7.17. The first-order valence-corrected chi connectivity index (χ1v) is 9.57. The number of carbonyl (C=O) groups is 1. The van der Waals surface area contributed by atoms with Gasteiger partial charge in [0.25, 0.3) is 5.56 Å². The van der Waals surface area contributed by atoms with Gasteiger partial charge in [-0.3, -0.25) is 9.59 Å². The second kappa shape index (κ2) is 7.40. The Labute approximate surface area is 159 Å². The number of aromatic amines is 1. The van der Waals surface area contributed by atoms with Crippen LogP contribution < -0.4 is 15.0 Å². The minimum absolute atomic E-state index is 0.0158. The van der Waals surface area contributed by atoms with Crippen LogP contribution in [0.4, 0.5) is 0 Å². The summed E-state index contributed by atoms with van der Waals surface area (Å²) >= 11 is 1.36. The third kappa shape index (κ3) is 3.80. The van der Waals surface area contributed by atoms with Gasteiger partial charge < -0.3 is 19.4 Å². The lowest BCUT2D eigenvalue weighted by molar-refractivity contribution is -0.130. The minimum Gasteiger partial charge on any atom is -0.486 e. The van der Waals surface area contributed by atoms with E-state index in [-0.39, 0.29) is 18.0 Å². The van der Waals surface area contributed by atoms with Crippen LogP contribution in [0, 0.1) is 0 Å². The van der Waals surface area contributed by atoms with Gasteiger partial charge in [0.1, 0.15) is 23.7 Å². The van der Waals surface area contributed by atoms with E-state index in [0.717, 1.165) is 17.1 Å². The zero-order valence-corrected chi connectivity index (χ0v) is 15.7. The highest BCUT2D eigenvalue weighted by atomic mass is 32.1. The van der Waals surface area contributed by atoms with Crippen LogP contribution in [0.3, 0.4) is 0 Å². The first-order chi connectivity index (χ1) is 13.1. The van der Waals surface area contributed by atoms with Crippen LogP contribution >= 0.6 is 11.3 Å². The van der Waals surface area contributed by atoms with Crippen molar-refractivity contribution < 1.29 is 14.3 Å². The van der Waals surface area contributed by atoms with Crippen LogP contribution in [0.15, 0.2) is 34.4 Å². The van der Waals surface area contributed by atoms with Gasteiger partial charge in [0, 0.05) is 13.5 Å². The Morgan fingerprint density at radius 1 is 1.26 bits per heavy atom. The maximum atomic E-state index is 12.5. The number of nitrogens with one attached hydrogen (secondary N) is 1. The number of H-pyrrole nitrogens is 1. The van der Waals surface area contributed by atoms with Crippen molar-refractivity contribution in [1.29, 1.82) is 0 Å². The highest BCUT2D eigenvalue weighted by Crippen LogP contribution is 2.31. The fourth-order valence-corrected chi connectivity index (χ4v) is 3.72. The largest absolute Gasteiger partial charge is 0.486 e. The third-order valence-corrected chi connectivity index (χ3v) is 5.31. The Balaban J connectivity index is 1.38. The minimum atomic E-state index is -0.165. The number of amides is 1. The van der Waals surface area contributed by atoms with Gasteiger partial charge in [-0.05, 0) is 35.6 Å². The summed E-state index contributed by atoms with van der Waals surface area (Å²) in [6.45, 7) is 1.36. The predicted octanol–water partition coefficient (Wildman–Crippen LogP) is 2.35. The first-order valence-electron chi connectivity index (χ1n) is 8.69. The number of thiophene rings is 1. The van der Waals surface area contributed by atoms with Gasteiger partial charge >= 0.3 is 0 Å². The molecule has 0 saturated heterocycles. The summed E-state index contributed by atoms with van der Waals surface area (Å²) in [5, 5.41) is 1.83. The molecule has 3 heterocycles. The van der Waals surface area contributed by atoms with Gasteiger partial charge in [0.2, 0.25) is 5.91 Å². The standard InChI is InChI=1S/C19H19N3O4S/c1-22(11-16-20-13-6-9-27-18(13)19(24)21-16)17(23)5-3-12-2-4-14-15(10-12)26-8-7-25-14/h2,4,6,9-10H,3,5,7-8,11H2,1H3,(H,20,21,24). The number of aryl methyl sites for hydroxylation is 1. The topological polar surface area (TPSA) is 84.5 Å². The summed E-state index contributed by atoms with van der Waals surface area (Å²) in [5.41, 5.74) is 1.52. The Bertz CT molecular complexity index is 1040. The number of hydrogen-bond donors (Lipinski definition) is 1. The Kier molecular flexibility index (Phi) is 4.81. The monoisotopic (exact) mass is 385 g/mol. The second-order valence-corrected chi connectivity index (χ2v) is 7.29. The van der Waals surface area contributed by atoms with Crippen molar-refractivity contribution >= 4 is 27.5 Å². The lowest BCUT2D eigenvalue weighted by Gasteiger charge is -2.19. The summed E-state index contributed by atoms with van der Waals surface area (Å²) in [6, 6.07) is 7.56. The molecule has 1 amide bonds. The summed E-state index contributed by atoms with van der Waals surface area (Å²) in [5.74, 6) is 1.94. The van der Waals surface area contributed by atoms with E-state index in [9.17, 15) is 9.59 Å². The molecule has 0 spiro atoms. The quantitative estimate of drug-likeness (QED) is 0.729. The maximum Gasteiger partial charge on any atom is 0.268 e. The molecule has 27 heavy (non-hydrogen) atoms. The molecule has 0 radical (unpaired) electrons. The van der Waals surface area contributed by atoms with E-state index < -0.39 is 0 Å². The van der Waals surface area contributed by atoms with Crippen molar-refractivity contribution in [2.75, 3.05) is 20.3 Å². The molecule has 1 aliphatic rings. The van der Waals surface area contributed by atoms with E-state index in [1.165, 1.54) is 11.3 Å². The Hall–Kier alpha value is -2.87. The Morgan fingerprint density at radius 2 is 2.07 bits per heavy atom. The van der Waals surface area contributed by atoms with Crippen molar-refractivity contribution in [3.8, 4) is 11.5 Å². The van der Waals surface area contributed by atoms with Gasteiger partial charge in [-0.25, -0.2) is 4.98 Å². The van der Waals surface area contributed by atoms with Gasteiger partial charge in [-0.2, -0.15) is 0 Å². The molecule has 0 fully saturated rings. The predicted molar refractivity (Wildman–Crippen MR) is 102 cm³/mol. The maximum absolute atomic E-state index is 12.5. The van der Waals surface area contributed by atoms with Crippen LogP contribution in [0.5, 0.6) is 11.5 Å². The molecular formula is C19H19N3O4S. The number of aromatic nitrogens is 2. The molecule has 0 saturated carbocycles. The van der Waals surface area contributed by atoms with Crippen molar-refractivity contribution in [2.24, 2.45) is 0 Å². The molecule has 2 aromatic heterocycles. The smallest absolute Gasteiger partial charge is 0.268 e. The molecule has 4 rings (SSSR count). The molecule has 3 aromatic rings. The number of carbonyl (C=O) groups excluding carboxylic acids is 1. The van der Waals surface area contributed by atoms with Crippen LogP contribution in [0.2, 0.25) is 0 Å². The van der Waals surface area contributed by atoms with Gasteiger partial charge in [0.15, 0.2) is 11.5 Å². The third-order valence-electron chi connectivity index (χ3n) is 4.41. The van der Waals surface area contributed by atoms with Crippen molar-refractivity contribution in [1.82, 2.24) is 14.9 Å². The van der Waals surface area contributed by atoms with Crippen molar-refractivity contribution in [3.63, 3.8) is 0 Å². The zero-order chi connectivity index (χ0) is 18.8. The van der Waals surface area contributed by atoms with E-state index in [2.05, 4.69) is 9.97 Å². The van der Waals surface area contributed by atoms with Gasteiger partial charge in [0.05, 0.1) is 12.1 Å². The van der Waals surface area contributed by atoms with Gasteiger partial charge in [-0.15, -0.1) is 11.3 Å². The molecular weight excluding hydrogens is 366 g/mol. The normalized spacial score (nSPS) is 12.9. The lowest BCUT2D eigenvalue weighted by atomic mass is 10.1. The molecule has 0 bridgehead atoms. The van der Waals surface area contributed by atoms with Crippen LogP contribution in [0.1, 0.15) is 17.8 Å². The summed E-state index contributed by atoms with van der Waals surface area (Å²) in [7, 11) is 1.71. The average molecular weight is 385 g/mol. The fraction of sp³-hybridized carbons (Fsp3) is 0.316. The van der Waals surface area contributed by atoms with E-state index in [4.69, 9.17) is 9.47 Å². The molecule has 1 aromatic carbocycles. The summed E-state index contributed by atoms with van der Waals surface area (Å²) in [6.07, 6.45) is 0.967. The molecule has 0 atom stereocenters. The van der Waals surface area contributed by atoms with Crippen molar-refractivity contribution in [2.45, 2.75) is 19.4 Å². The van der Waals surface area contributed by atoms with E-state index in [1.54, 1.807) is 11.9 Å². The molecule has 8 heteroatoms. The number of rotatable bonds is 5. The van der Waals surface area contributed by atoms with Crippen molar-refractivity contribution in [3.05, 3.63) is 51.4 Å². The molecule has 0 aliphatic carbocycles. The summed E-state index contributed by atoms with van der Waals surface area (Å²) < 4.78 is 11.7. The number of benzene rings is 1. The van der Waals surface area contributed by atoms with Crippen LogP contribution in [-0.4, -0.2) is 41.0 Å². The van der Waals surface area contributed by atoms with E-state index in [1.807, 2.05) is 29.6 Å². The summed E-state index contributed by atoms with van der Waals surface area (Å²) in [4.78, 5) is 33.2. The SMILES string of the molecule is CN(Cc1nc2ccsc2c(=O)[nH]1)C(=O)CCc1ccc2c(c1)OCCO2. The molecule has 0 unspecified atom stereocenters. The second-order valence-electron chi connectivity index (χ2n) is 6.38. The number of hydrogen-bond acceptors (Lipinski definition) is 6.